The number of hydrogen-bond acceptors (Lipinski definition) is 2. The maximum absolute atomic E-state index is 14.2. The van der Waals surface area contributed by atoms with E-state index in [9.17, 15) is 13.6 Å². The summed E-state index contributed by atoms with van der Waals surface area (Å²) in [7, 11) is 2.09. The van der Waals surface area contributed by atoms with E-state index in [0.29, 0.717) is 12.5 Å². The molecule has 162 valence electrons. The van der Waals surface area contributed by atoms with Crippen LogP contribution in [0.2, 0.25) is 0 Å². The molecule has 0 bridgehead atoms. The summed E-state index contributed by atoms with van der Waals surface area (Å²) in [6.07, 6.45) is 0.875. The van der Waals surface area contributed by atoms with Crippen molar-refractivity contribution in [3.63, 3.8) is 0 Å². The number of halogens is 2. The van der Waals surface area contributed by atoms with Crippen LogP contribution in [0, 0.1) is 24.5 Å². The number of carbonyl (C=O) groups excluding carboxylic acids is 1. The lowest BCUT2D eigenvalue weighted by Crippen LogP contribution is -2.53. The van der Waals surface area contributed by atoms with Gasteiger partial charge in [0, 0.05) is 24.7 Å². The number of piperidine rings is 1. The minimum atomic E-state index is -0.914. The highest BCUT2D eigenvalue weighted by atomic mass is 19.2. The molecule has 6 heteroatoms. The zero-order valence-electron chi connectivity index (χ0n) is 18.2. The molecular weight excluding hydrogens is 384 g/mol. The Balaban J connectivity index is 1.83. The van der Waals surface area contributed by atoms with Crippen molar-refractivity contribution in [2.24, 2.45) is 5.92 Å². The fourth-order valence-corrected chi connectivity index (χ4v) is 4.35. The summed E-state index contributed by atoms with van der Waals surface area (Å²) in [5, 5.41) is 2.89. The van der Waals surface area contributed by atoms with Crippen LogP contribution in [0.1, 0.15) is 43.0 Å². The van der Waals surface area contributed by atoms with Crippen LogP contribution in [0.25, 0.3) is 0 Å². The van der Waals surface area contributed by atoms with Gasteiger partial charge in [-0.25, -0.2) is 13.6 Å². The van der Waals surface area contributed by atoms with Gasteiger partial charge in [0.15, 0.2) is 11.6 Å². The van der Waals surface area contributed by atoms with Crippen LogP contribution >= 0.6 is 0 Å². The first-order valence-corrected chi connectivity index (χ1v) is 10.5. The first kappa shape index (κ1) is 22.2. The average molecular weight is 416 g/mol. The van der Waals surface area contributed by atoms with E-state index in [1.807, 2.05) is 30.0 Å². The highest BCUT2D eigenvalue weighted by Crippen LogP contribution is 2.25. The maximum atomic E-state index is 14.2. The van der Waals surface area contributed by atoms with Crippen LogP contribution in [0.3, 0.4) is 0 Å². The molecule has 0 aromatic heterocycles. The number of urea groups is 1. The normalized spacial score (nSPS) is 20.6. The van der Waals surface area contributed by atoms with E-state index >= 15 is 0 Å². The Bertz CT molecular complexity index is 889. The van der Waals surface area contributed by atoms with Gasteiger partial charge >= 0.3 is 6.03 Å². The number of nitrogens with zero attached hydrogens (tertiary/aromatic N) is 2. The topological polar surface area (TPSA) is 35.6 Å². The number of aryl methyl sites for hydroxylation is 1. The van der Waals surface area contributed by atoms with Crippen molar-refractivity contribution in [2.45, 2.75) is 45.8 Å². The molecule has 1 heterocycles. The summed E-state index contributed by atoms with van der Waals surface area (Å²) in [5.74, 6) is -1.52. The molecule has 1 aliphatic rings. The summed E-state index contributed by atoms with van der Waals surface area (Å²) < 4.78 is 27.8. The van der Waals surface area contributed by atoms with Crippen LogP contribution in [0.15, 0.2) is 42.5 Å². The Kier molecular flexibility index (Phi) is 7.08. The predicted octanol–water partition coefficient (Wildman–Crippen LogP) is 4.89. The van der Waals surface area contributed by atoms with Crippen LogP contribution in [-0.2, 0) is 6.54 Å². The largest absolute Gasteiger partial charge is 0.331 e. The molecule has 0 radical (unpaired) electrons. The Morgan fingerprint density at radius 1 is 1.27 bits per heavy atom. The highest BCUT2D eigenvalue weighted by Gasteiger charge is 2.33. The lowest BCUT2D eigenvalue weighted by molar-refractivity contribution is 0.0873. The van der Waals surface area contributed by atoms with Gasteiger partial charge in [-0.15, -0.1) is 0 Å². The number of benzene rings is 2. The molecule has 2 aromatic rings. The molecule has 1 aliphatic heterocycles. The van der Waals surface area contributed by atoms with Gasteiger partial charge < -0.3 is 15.1 Å². The number of carbonyl (C=O) groups is 1. The van der Waals surface area contributed by atoms with Gasteiger partial charge in [0.25, 0.3) is 0 Å². The van der Waals surface area contributed by atoms with Crippen molar-refractivity contribution in [1.29, 1.82) is 0 Å². The fraction of sp³-hybridized carbons (Fsp3) is 0.458. The second-order valence-electron chi connectivity index (χ2n) is 8.53. The Morgan fingerprint density at radius 2 is 2.00 bits per heavy atom. The first-order valence-electron chi connectivity index (χ1n) is 10.5. The van der Waals surface area contributed by atoms with Crippen molar-refractivity contribution >= 4 is 6.03 Å². The maximum Gasteiger partial charge on any atom is 0.318 e. The number of rotatable bonds is 5. The third-order valence-corrected chi connectivity index (χ3v) is 5.95. The lowest BCUT2D eigenvalue weighted by Gasteiger charge is -2.42. The Labute approximate surface area is 177 Å². The van der Waals surface area contributed by atoms with Crippen LogP contribution < -0.4 is 5.32 Å². The van der Waals surface area contributed by atoms with Crippen LogP contribution in [0.4, 0.5) is 13.6 Å². The van der Waals surface area contributed by atoms with Gasteiger partial charge in [0.05, 0.1) is 6.04 Å². The number of amides is 2. The van der Waals surface area contributed by atoms with E-state index in [4.69, 9.17) is 0 Å². The molecule has 4 nitrogen and oxygen atoms in total. The molecule has 0 aliphatic carbocycles. The van der Waals surface area contributed by atoms with E-state index in [1.54, 1.807) is 6.92 Å². The number of nitrogens with one attached hydrogen (secondary N) is 1. The van der Waals surface area contributed by atoms with Gasteiger partial charge in [-0.2, -0.15) is 0 Å². The molecule has 3 unspecified atom stereocenters. The zero-order valence-corrected chi connectivity index (χ0v) is 18.2. The minimum absolute atomic E-state index is 0.0752. The van der Waals surface area contributed by atoms with Crippen molar-refractivity contribution in [3.8, 4) is 0 Å². The van der Waals surface area contributed by atoms with E-state index in [0.717, 1.165) is 36.7 Å². The summed E-state index contributed by atoms with van der Waals surface area (Å²) in [4.78, 5) is 17.5. The molecule has 2 amide bonds. The standard InChI is InChI=1S/C24H31F2N3O/c1-16-7-5-8-19(13-16)15-29(22-11-12-28(4)14-17(22)2)24(30)27-18(3)20-9-6-10-21(25)23(20)26/h5-10,13,17-18,22H,11-12,14-15H2,1-4H3,(H,27,30). The van der Waals surface area contributed by atoms with E-state index in [-0.39, 0.29) is 17.6 Å². The summed E-state index contributed by atoms with van der Waals surface area (Å²) in [6, 6.07) is 11.3. The SMILES string of the molecule is Cc1cccc(CN(C(=O)NC(C)c2cccc(F)c2F)C2CCN(C)CC2C)c1. The second kappa shape index (κ2) is 9.56. The molecule has 0 spiro atoms. The Hall–Kier alpha value is -2.47. The molecule has 3 rings (SSSR count). The van der Waals surface area contributed by atoms with Crippen molar-refractivity contribution in [3.05, 3.63) is 70.8 Å². The molecule has 0 saturated carbocycles. The quantitative estimate of drug-likeness (QED) is 0.755. The molecule has 2 aromatic carbocycles. The van der Waals surface area contributed by atoms with E-state index < -0.39 is 17.7 Å². The fourth-order valence-electron chi connectivity index (χ4n) is 4.35. The molecule has 3 atom stereocenters. The van der Waals surface area contributed by atoms with Crippen molar-refractivity contribution in [1.82, 2.24) is 15.1 Å². The van der Waals surface area contributed by atoms with Gasteiger partial charge in [-0.1, -0.05) is 48.9 Å². The minimum Gasteiger partial charge on any atom is -0.331 e. The third-order valence-electron chi connectivity index (χ3n) is 5.95. The first-order chi connectivity index (χ1) is 14.3. The molecular formula is C24H31F2N3O. The zero-order chi connectivity index (χ0) is 21.8. The monoisotopic (exact) mass is 415 g/mol. The summed E-state index contributed by atoms with van der Waals surface area (Å²) >= 11 is 0. The van der Waals surface area contributed by atoms with Gasteiger partial charge in [0.2, 0.25) is 0 Å². The summed E-state index contributed by atoms with van der Waals surface area (Å²) in [6.45, 7) is 8.17. The van der Waals surface area contributed by atoms with Gasteiger partial charge in [-0.05, 0) is 51.4 Å². The van der Waals surface area contributed by atoms with Crippen molar-refractivity contribution < 1.29 is 13.6 Å². The number of hydrogen-bond donors (Lipinski definition) is 1. The van der Waals surface area contributed by atoms with Crippen LogP contribution in [-0.4, -0.2) is 42.0 Å². The molecule has 30 heavy (non-hydrogen) atoms. The molecule has 1 N–H and O–H groups in total. The second-order valence-corrected chi connectivity index (χ2v) is 8.53. The smallest absolute Gasteiger partial charge is 0.318 e. The summed E-state index contributed by atoms with van der Waals surface area (Å²) in [5.41, 5.74) is 2.34. The van der Waals surface area contributed by atoms with E-state index in [1.165, 1.54) is 12.1 Å². The lowest BCUT2D eigenvalue weighted by atomic mass is 9.92. The highest BCUT2D eigenvalue weighted by molar-refractivity contribution is 5.75. The average Bonchev–Trinajstić information content (AvgIpc) is 2.68. The Morgan fingerprint density at radius 3 is 2.70 bits per heavy atom. The van der Waals surface area contributed by atoms with Gasteiger partial charge in [0.1, 0.15) is 0 Å². The van der Waals surface area contributed by atoms with Crippen LogP contribution in [0.5, 0.6) is 0 Å². The van der Waals surface area contributed by atoms with Gasteiger partial charge in [-0.3, -0.25) is 0 Å². The molecule has 1 fully saturated rings. The third kappa shape index (κ3) is 5.17. The van der Waals surface area contributed by atoms with Crippen molar-refractivity contribution in [2.75, 3.05) is 20.1 Å². The van der Waals surface area contributed by atoms with E-state index in [2.05, 4.69) is 30.3 Å². The number of likely N-dealkylation sites (tertiary alicyclic amines) is 1. The predicted molar refractivity (Wildman–Crippen MR) is 115 cm³/mol. The molecule has 1 saturated heterocycles.